The lowest BCUT2D eigenvalue weighted by Crippen LogP contribution is -2.43. The van der Waals surface area contributed by atoms with Crippen molar-refractivity contribution in [3.05, 3.63) is 0 Å². The van der Waals surface area contributed by atoms with Crippen LogP contribution in [0.1, 0.15) is 20.3 Å². The summed E-state index contributed by atoms with van der Waals surface area (Å²) in [6, 6.07) is 0. The zero-order chi connectivity index (χ0) is 14.6. The van der Waals surface area contributed by atoms with Crippen molar-refractivity contribution in [1.29, 1.82) is 0 Å². The zero-order valence-electron chi connectivity index (χ0n) is 12.4. The van der Waals surface area contributed by atoms with Crippen molar-refractivity contribution in [2.45, 2.75) is 31.9 Å². The van der Waals surface area contributed by atoms with E-state index >= 15 is 0 Å². The van der Waals surface area contributed by atoms with Gasteiger partial charge < -0.3 is 29.8 Å². The summed E-state index contributed by atoms with van der Waals surface area (Å²) in [6.45, 7) is 7.04. The highest BCUT2D eigenvalue weighted by Gasteiger charge is 2.20. The molecule has 0 radical (unpaired) electrons. The number of hydrogen-bond donors (Lipinski definition) is 2. The highest BCUT2D eigenvalue weighted by molar-refractivity contribution is 4.79. The van der Waals surface area contributed by atoms with E-state index in [-0.39, 0.29) is 12.7 Å². The van der Waals surface area contributed by atoms with Gasteiger partial charge in [-0.05, 0) is 20.3 Å². The Morgan fingerprint density at radius 3 is 2.11 bits per heavy atom. The molecular formula is C13H29NO5. The first-order valence-corrected chi connectivity index (χ1v) is 6.67. The van der Waals surface area contributed by atoms with Crippen LogP contribution >= 0.6 is 0 Å². The van der Waals surface area contributed by atoms with E-state index in [1.807, 2.05) is 6.92 Å². The fourth-order valence-electron chi connectivity index (χ4n) is 1.55. The van der Waals surface area contributed by atoms with Gasteiger partial charge in [0.2, 0.25) is 0 Å². The van der Waals surface area contributed by atoms with Gasteiger partial charge >= 0.3 is 0 Å². The minimum Gasteiger partial charge on any atom is -0.394 e. The monoisotopic (exact) mass is 279 g/mol. The summed E-state index contributed by atoms with van der Waals surface area (Å²) < 4.78 is 21.0. The molecule has 6 nitrogen and oxygen atoms in total. The van der Waals surface area contributed by atoms with Gasteiger partial charge in [0, 0.05) is 12.6 Å². The van der Waals surface area contributed by atoms with Crippen LogP contribution in [-0.2, 0) is 18.9 Å². The Hall–Kier alpha value is -0.240. The average Bonchev–Trinajstić information content (AvgIpc) is 2.36. The maximum absolute atomic E-state index is 9.05. The van der Waals surface area contributed by atoms with E-state index in [4.69, 9.17) is 29.8 Å². The van der Waals surface area contributed by atoms with Crippen LogP contribution in [-0.4, -0.2) is 70.1 Å². The molecule has 0 aromatic rings. The summed E-state index contributed by atoms with van der Waals surface area (Å²) in [5.41, 5.74) is 5.25. The first-order valence-electron chi connectivity index (χ1n) is 6.67. The number of aliphatic hydroxyl groups is 1. The van der Waals surface area contributed by atoms with Gasteiger partial charge in [0.1, 0.15) is 0 Å². The molecule has 0 spiro atoms. The molecule has 0 amide bonds. The van der Waals surface area contributed by atoms with Crippen molar-refractivity contribution in [2.75, 3.05) is 53.4 Å². The molecule has 0 saturated carbocycles. The maximum Gasteiger partial charge on any atom is 0.0704 e. The first kappa shape index (κ1) is 18.8. The van der Waals surface area contributed by atoms with E-state index in [2.05, 4.69) is 0 Å². The molecule has 0 saturated heterocycles. The van der Waals surface area contributed by atoms with Crippen LogP contribution in [0, 0.1) is 0 Å². The summed E-state index contributed by atoms with van der Waals surface area (Å²) in [6.07, 6.45) is 0.618. The molecule has 19 heavy (non-hydrogen) atoms. The van der Waals surface area contributed by atoms with Crippen molar-refractivity contribution < 1.29 is 24.1 Å². The van der Waals surface area contributed by atoms with Crippen molar-refractivity contribution in [2.24, 2.45) is 5.73 Å². The predicted molar refractivity (Wildman–Crippen MR) is 73.2 cm³/mol. The Labute approximate surface area is 116 Å². The van der Waals surface area contributed by atoms with Crippen LogP contribution in [0.4, 0.5) is 0 Å². The van der Waals surface area contributed by atoms with E-state index < -0.39 is 5.54 Å². The number of methoxy groups -OCH3 is 1. The first-order chi connectivity index (χ1) is 9.02. The second-order valence-corrected chi connectivity index (χ2v) is 4.92. The lowest BCUT2D eigenvalue weighted by Gasteiger charge is -2.25. The Morgan fingerprint density at radius 2 is 1.58 bits per heavy atom. The Balaban J connectivity index is 3.30. The topological polar surface area (TPSA) is 83.2 Å². The van der Waals surface area contributed by atoms with Gasteiger partial charge in [-0.25, -0.2) is 0 Å². The molecule has 0 rings (SSSR count). The summed E-state index contributed by atoms with van der Waals surface area (Å²) in [7, 11) is 1.64. The molecule has 0 aromatic heterocycles. The standard InChI is InChI=1S/C13H29NO5/c1-12(10-13(2,14)11-15)19-9-8-18-7-6-17-5-4-16-3/h12,15H,4-11,14H2,1-3H3. The third-order valence-corrected chi connectivity index (χ3v) is 2.55. The van der Waals surface area contributed by atoms with E-state index in [9.17, 15) is 0 Å². The highest BCUT2D eigenvalue weighted by atomic mass is 16.6. The number of nitrogens with two attached hydrogens (primary N) is 1. The Morgan fingerprint density at radius 1 is 1.05 bits per heavy atom. The molecule has 0 heterocycles. The SMILES string of the molecule is COCCOCCOCCOC(C)CC(C)(N)CO. The zero-order valence-corrected chi connectivity index (χ0v) is 12.4. The largest absolute Gasteiger partial charge is 0.394 e. The number of hydrogen-bond acceptors (Lipinski definition) is 6. The fraction of sp³-hybridized carbons (Fsp3) is 1.00. The molecule has 0 bridgehead atoms. The van der Waals surface area contributed by atoms with Gasteiger partial charge in [-0.15, -0.1) is 0 Å². The molecule has 2 unspecified atom stereocenters. The fourth-order valence-corrected chi connectivity index (χ4v) is 1.55. The van der Waals surface area contributed by atoms with Crippen LogP contribution < -0.4 is 5.73 Å². The van der Waals surface area contributed by atoms with Gasteiger partial charge in [0.15, 0.2) is 0 Å². The van der Waals surface area contributed by atoms with Crippen molar-refractivity contribution in [3.8, 4) is 0 Å². The Kier molecular flexibility index (Phi) is 11.4. The van der Waals surface area contributed by atoms with Gasteiger partial charge in [0.25, 0.3) is 0 Å². The van der Waals surface area contributed by atoms with Crippen LogP contribution in [0.25, 0.3) is 0 Å². The number of rotatable bonds is 13. The summed E-state index contributed by atoms with van der Waals surface area (Å²) >= 11 is 0. The van der Waals surface area contributed by atoms with Crippen LogP contribution in [0.15, 0.2) is 0 Å². The molecule has 6 heteroatoms. The molecule has 0 aliphatic rings. The minimum absolute atomic E-state index is 0.00343. The van der Waals surface area contributed by atoms with Crippen LogP contribution in [0.3, 0.4) is 0 Å². The third kappa shape index (κ3) is 12.5. The van der Waals surface area contributed by atoms with E-state index in [0.29, 0.717) is 46.1 Å². The van der Waals surface area contributed by atoms with Crippen LogP contribution in [0.2, 0.25) is 0 Å². The molecule has 0 aliphatic carbocycles. The van der Waals surface area contributed by atoms with Crippen molar-refractivity contribution in [3.63, 3.8) is 0 Å². The molecule has 3 N–H and O–H groups in total. The Bertz CT molecular complexity index is 201. The lowest BCUT2D eigenvalue weighted by molar-refractivity contribution is -0.0200. The quantitative estimate of drug-likeness (QED) is 0.468. The lowest BCUT2D eigenvalue weighted by atomic mass is 9.97. The molecule has 0 fully saturated rings. The van der Waals surface area contributed by atoms with E-state index in [1.165, 1.54) is 0 Å². The summed E-state index contributed by atoms with van der Waals surface area (Å²) in [4.78, 5) is 0. The minimum atomic E-state index is -0.588. The smallest absolute Gasteiger partial charge is 0.0704 e. The maximum atomic E-state index is 9.05. The third-order valence-electron chi connectivity index (χ3n) is 2.55. The van der Waals surface area contributed by atoms with E-state index in [0.717, 1.165) is 0 Å². The molecule has 0 aliphatic heterocycles. The summed E-state index contributed by atoms with van der Waals surface area (Å²) in [5.74, 6) is 0. The predicted octanol–water partition coefficient (Wildman–Crippen LogP) is 0.171. The van der Waals surface area contributed by atoms with Crippen molar-refractivity contribution >= 4 is 0 Å². The molecule has 116 valence electrons. The summed E-state index contributed by atoms with van der Waals surface area (Å²) in [5, 5.41) is 9.05. The van der Waals surface area contributed by atoms with Crippen LogP contribution in [0.5, 0.6) is 0 Å². The molecular weight excluding hydrogens is 250 g/mol. The van der Waals surface area contributed by atoms with Gasteiger partial charge in [-0.2, -0.15) is 0 Å². The van der Waals surface area contributed by atoms with Crippen molar-refractivity contribution in [1.82, 2.24) is 0 Å². The van der Waals surface area contributed by atoms with Gasteiger partial charge in [-0.1, -0.05) is 0 Å². The second kappa shape index (κ2) is 11.6. The number of aliphatic hydroxyl groups excluding tert-OH is 1. The molecule has 0 aromatic carbocycles. The van der Waals surface area contributed by atoms with E-state index in [1.54, 1.807) is 14.0 Å². The molecule has 2 atom stereocenters. The second-order valence-electron chi connectivity index (χ2n) is 4.92. The highest BCUT2D eigenvalue weighted by Crippen LogP contribution is 2.10. The normalized spacial score (nSPS) is 16.3. The average molecular weight is 279 g/mol. The number of ether oxygens (including phenoxy) is 4. The van der Waals surface area contributed by atoms with Gasteiger partial charge in [0.05, 0.1) is 52.4 Å². The van der Waals surface area contributed by atoms with Gasteiger partial charge in [-0.3, -0.25) is 0 Å².